The van der Waals surface area contributed by atoms with E-state index >= 15 is 0 Å². The minimum atomic E-state index is -3.14. The molecule has 2 spiro atoms. The van der Waals surface area contributed by atoms with Crippen LogP contribution >= 0.6 is 0 Å². The van der Waals surface area contributed by atoms with Crippen LogP contribution in [0.2, 0.25) is 0 Å². The van der Waals surface area contributed by atoms with Gasteiger partial charge < -0.3 is 9.47 Å². The maximum absolute atomic E-state index is 11.6. The van der Waals surface area contributed by atoms with Crippen molar-refractivity contribution in [2.45, 2.75) is 292 Å². The highest BCUT2D eigenvalue weighted by Gasteiger charge is 2.48. The molecule has 0 aromatic carbocycles. The van der Waals surface area contributed by atoms with Gasteiger partial charge in [0.1, 0.15) is 9.99 Å². The van der Waals surface area contributed by atoms with Crippen molar-refractivity contribution in [1.29, 1.82) is 0 Å². The summed E-state index contributed by atoms with van der Waals surface area (Å²) in [4.78, 5) is 7.54. The van der Waals surface area contributed by atoms with Crippen LogP contribution in [-0.4, -0.2) is 291 Å². The third-order valence-corrected chi connectivity index (χ3v) is 31.0. The van der Waals surface area contributed by atoms with E-state index in [0.29, 0.717) is 74.1 Å². The van der Waals surface area contributed by atoms with Gasteiger partial charge in [-0.1, -0.05) is 43.6 Å². The van der Waals surface area contributed by atoms with Crippen LogP contribution in [0, 0.1) is 5.41 Å². The van der Waals surface area contributed by atoms with Gasteiger partial charge in [-0.05, 0) is 212 Å². The Morgan fingerprint density at radius 1 is 0.351 bits per heavy atom. The Kier molecular flexibility index (Phi) is 46.7. The van der Waals surface area contributed by atoms with Crippen LogP contribution in [0.5, 0.6) is 0 Å². The van der Waals surface area contributed by atoms with E-state index in [1.54, 1.807) is 12.9 Å². The Bertz CT molecular complexity index is 2670. The van der Waals surface area contributed by atoms with Gasteiger partial charge in [-0.2, -0.15) is 21.3 Å². The summed E-state index contributed by atoms with van der Waals surface area (Å²) in [6.07, 6.45) is 12.7. The van der Waals surface area contributed by atoms with Crippen LogP contribution in [0.4, 0.5) is 0 Å². The largest absolute Gasteiger partial charge is 0.379 e. The number of nitrogens with one attached hydrogen (secondary N) is 1. The van der Waals surface area contributed by atoms with Crippen molar-refractivity contribution in [1.82, 2.24) is 45.3 Å². The Balaban J connectivity index is -0.00000102. The zero-order valence-corrected chi connectivity index (χ0v) is 65.7. The van der Waals surface area contributed by atoms with Gasteiger partial charge in [-0.25, -0.2) is 38.7 Å². The van der Waals surface area contributed by atoms with E-state index in [1.807, 2.05) is 77.8 Å². The summed E-state index contributed by atoms with van der Waals surface area (Å²) in [5.41, 5.74) is 1.13. The van der Waals surface area contributed by atoms with Crippen molar-refractivity contribution in [3.63, 3.8) is 0 Å². The molecule has 3 unspecified atom stereocenters. The first-order valence-electron chi connectivity index (χ1n) is 34.7. The lowest BCUT2D eigenvalue weighted by molar-refractivity contribution is -0.0758. The van der Waals surface area contributed by atoms with Crippen molar-refractivity contribution in [2.24, 2.45) is 5.41 Å². The summed E-state index contributed by atoms with van der Waals surface area (Å²) >= 11 is 0. The molecular formula is C69H154N10O12S6. The van der Waals surface area contributed by atoms with Crippen molar-refractivity contribution in [3.05, 3.63) is 0 Å². The van der Waals surface area contributed by atoms with Gasteiger partial charge in [0.25, 0.3) is 10.2 Å². The van der Waals surface area contributed by atoms with E-state index in [4.69, 9.17) is 13.7 Å². The molecule has 11 aliphatic rings. The lowest BCUT2D eigenvalue weighted by Gasteiger charge is -2.57. The first-order chi connectivity index (χ1) is 42.5. The summed E-state index contributed by atoms with van der Waals surface area (Å²) < 4.78 is 131. The van der Waals surface area contributed by atoms with E-state index in [-0.39, 0.29) is 61.3 Å². The van der Waals surface area contributed by atoms with Gasteiger partial charge in [0.05, 0.1) is 43.5 Å². The molecule has 9 aliphatic heterocycles. The fraction of sp³-hybridized carbons (Fsp3) is 0.957. The zero-order chi connectivity index (χ0) is 69.8. The molecule has 28 heteroatoms. The smallest absolute Gasteiger partial charge is 0.279 e. The summed E-state index contributed by atoms with van der Waals surface area (Å²) in [6, 6.07) is 3.51. The average Bonchev–Trinajstić information content (AvgIpc) is 1.47. The number of hydrogen-bond donors (Lipinski definition) is 1. The fourth-order valence-electron chi connectivity index (χ4n) is 12.4. The highest BCUT2D eigenvalue weighted by atomic mass is 32.2. The van der Waals surface area contributed by atoms with Gasteiger partial charge in [-0.3, -0.25) is 27.3 Å². The molecule has 588 valence electrons. The third-order valence-electron chi connectivity index (χ3n) is 18.5. The van der Waals surface area contributed by atoms with E-state index in [2.05, 4.69) is 92.4 Å². The van der Waals surface area contributed by atoms with Crippen LogP contribution in [-0.2, 0) is 73.3 Å². The van der Waals surface area contributed by atoms with Crippen LogP contribution < -0.4 is 4.72 Å². The number of hydrogen-bond acceptors (Lipinski definition) is 15. The topological polar surface area (TPSA) is 223 Å². The average molecular weight is 1510 g/mol. The standard InChI is InChI=1S/C9H17NO.C9H17N.2C7H15NO2S.C7H15NOS.C7H15NO.C6H14N2O2S.C6H13NO2S.C6H13NOS.5CH4/c1-8(2)10-5-6-11-9(7-10)3-4-9;1-8(2)10-6-9(7-10)4-3-5-9;2*1-7(2)8-5-3-4-6-11(8,9)10;1-7(2)8-5-4-6-10(8,3)9;1-7(2)8-3-5-9-6-4-8;1-6(2)8-5-3-4-7-11(8,9)10;1-6(2)7-4-5-9-10(7,3)8;1-6(2)7-4-5-9(7,3)8;;;;;/h8H,3-7H2,1-2H3;8H,3-7H2,1-2H3;2*7H,3-6H2,1-2H3;7H,3-6H2,1-2H3;7H,3-6H2,1-2H3;6-7H,3-5H2,1-2H3;6H,3-5H2,1-2H3;6H,3-5H2,1-2H3;5*1H4. The molecule has 11 rings (SSSR count). The van der Waals surface area contributed by atoms with Crippen molar-refractivity contribution < 1.29 is 51.5 Å². The lowest BCUT2D eigenvalue weighted by atomic mass is 9.63. The highest BCUT2D eigenvalue weighted by molar-refractivity contribution is 7.99. The SMILES string of the molecule is C.C.C.C.C.C=S1(=O)CCCN1C(C)C.C=S1(=O)CCN1C(C)C.C=S1(=O)OCCN1C(C)C.CC(C)N1CC2(CCC2)C1.CC(C)N1CCCCS1(=O)=O.CC(C)N1CCCCS1(=O)=O.CC(C)N1CCCNS1(=O)=O.CC(C)N1CCOC2(CC2)C1.CC(C)N1CCOCC1. The normalized spacial score (nSPS) is 28.1. The molecule has 0 aromatic heterocycles. The number of ether oxygens (including phenoxy) is 2. The quantitative estimate of drug-likeness (QED) is 0.212. The Labute approximate surface area is 602 Å². The second-order valence-corrected chi connectivity index (χ2v) is 41.5. The van der Waals surface area contributed by atoms with E-state index < -0.39 is 59.7 Å². The molecule has 11 fully saturated rings. The summed E-state index contributed by atoms with van der Waals surface area (Å²) in [7, 11) is -14.9. The van der Waals surface area contributed by atoms with E-state index in [9.17, 15) is 37.9 Å². The van der Waals surface area contributed by atoms with Gasteiger partial charge in [-0.15, -0.1) is 0 Å². The Hall–Kier alpha value is -0.610. The monoisotopic (exact) mass is 1510 g/mol. The lowest BCUT2D eigenvalue weighted by Crippen LogP contribution is -2.61. The number of sulfonamides is 2. The minimum Gasteiger partial charge on any atom is -0.379 e. The number of morpholine rings is 2. The maximum atomic E-state index is 11.6. The molecule has 97 heavy (non-hydrogen) atoms. The molecule has 9 heterocycles. The summed E-state index contributed by atoms with van der Waals surface area (Å²) in [6.45, 7) is 53.1. The van der Waals surface area contributed by atoms with Crippen LogP contribution in [0.3, 0.4) is 0 Å². The van der Waals surface area contributed by atoms with E-state index in [1.165, 1.54) is 56.0 Å². The molecule has 22 nitrogen and oxygen atoms in total. The molecule has 0 radical (unpaired) electrons. The fourth-order valence-corrected chi connectivity index (χ4v) is 22.7. The Morgan fingerprint density at radius 3 is 1.00 bits per heavy atom. The van der Waals surface area contributed by atoms with Crippen molar-refractivity contribution in [3.8, 4) is 0 Å². The minimum absolute atomic E-state index is 0. The first-order valence-corrected chi connectivity index (χ1v) is 44.7. The van der Waals surface area contributed by atoms with Crippen molar-refractivity contribution in [2.75, 3.05) is 135 Å². The first kappa shape index (κ1) is 101. The van der Waals surface area contributed by atoms with Crippen LogP contribution in [0.25, 0.3) is 0 Å². The molecule has 1 N–H and O–H groups in total. The maximum Gasteiger partial charge on any atom is 0.279 e. The number of rotatable bonds is 9. The van der Waals surface area contributed by atoms with Crippen LogP contribution in [0.15, 0.2) is 0 Å². The molecule has 0 bridgehead atoms. The van der Waals surface area contributed by atoms with Gasteiger partial charge >= 0.3 is 0 Å². The van der Waals surface area contributed by atoms with E-state index in [0.717, 1.165) is 121 Å². The van der Waals surface area contributed by atoms with Gasteiger partial charge in [0.2, 0.25) is 20.0 Å². The highest BCUT2D eigenvalue weighted by Crippen LogP contribution is 2.48. The van der Waals surface area contributed by atoms with Crippen molar-refractivity contribution >= 4 is 77.3 Å². The molecule has 2 aliphatic carbocycles. The molecule has 0 amide bonds. The second-order valence-electron chi connectivity index (χ2n) is 29.0. The molecule has 3 atom stereocenters. The number of nitrogens with zero attached hydrogens (tertiary/aromatic N) is 9. The summed E-state index contributed by atoms with van der Waals surface area (Å²) in [5.74, 6) is 13.1. The second kappa shape index (κ2) is 45.0. The molecule has 0 aromatic rings. The van der Waals surface area contributed by atoms with Crippen LogP contribution in [0.1, 0.15) is 232 Å². The number of likely N-dealkylation sites (tertiary alicyclic amines) is 1. The predicted octanol–water partition coefficient (Wildman–Crippen LogP) is 9.97. The third kappa shape index (κ3) is 33.2. The Morgan fingerprint density at radius 2 is 0.753 bits per heavy atom. The molecular weight excluding hydrogens is 1350 g/mol. The summed E-state index contributed by atoms with van der Waals surface area (Å²) in [5, 5.41) is 0. The molecule has 2 saturated carbocycles. The van der Waals surface area contributed by atoms with Gasteiger partial charge in [0.15, 0.2) is 0 Å². The van der Waals surface area contributed by atoms with Gasteiger partial charge in [0, 0.05) is 170 Å². The predicted molar refractivity (Wildman–Crippen MR) is 424 cm³/mol. The zero-order valence-electron chi connectivity index (χ0n) is 60.8. The molecule has 9 saturated heterocycles.